The van der Waals surface area contributed by atoms with Crippen molar-refractivity contribution in [1.29, 1.82) is 0 Å². The van der Waals surface area contributed by atoms with Crippen LogP contribution in [0.4, 0.5) is 5.69 Å². The lowest BCUT2D eigenvalue weighted by molar-refractivity contribution is 0.678. The number of azo groups is 1. The Labute approximate surface area is 415 Å². The third kappa shape index (κ3) is 16.3. The number of nitrogens with zero attached hydrogens (tertiary/aromatic N) is 5. The van der Waals surface area contributed by atoms with Crippen molar-refractivity contribution in [1.82, 2.24) is 15.0 Å². The fourth-order valence-corrected chi connectivity index (χ4v) is 10.4. The highest BCUT2D eigenvalue weighted by atomic mass is 32.1. The molecule has 7 aromatic rings. The number of thiazole rings is 3. The number of rotatable bonds is 5. The summed E-state index contributed by atoms with van der Waals surface area (Å²) in [5.41, 5.74) is 13.4. The van der Waals surface area contributed by atoms with Gasteiger partial charge in [0.1, 0.15) is 0 Å². The first-order valence-corrected chi connectivity index (χ1v) is 25.0. The lowest BCUT2D eigenvalue weighted by atomic mass is 9.99. The molecule has 3 aromatic heterocycles. The summed E-state index contributed by atoms with van der Waals surface area (Å²) in [7, 11) is 0. The van der Waals surface area contributed by atoms with Gasteiger partial charge < -0.3 is 0 Å². The van der Waals surface area contributed by atoms with Gasteiger partial charge in [0.25, 0.3) is 0 Å². The zero-order valence-corrected chi connectivity index (χ0v) is 41.0. The minimum atomic E-state index is 0. The van der Waals surface area contributed by atoms with Gasteiger partial charge in [-0.2, -0.15) is 10.2 Å². The normalized spacial score (nSPS) is 12.6. The third-order valence-electron chi connectivity index (χ3n) is 11.3. The van der Waals surface area contributed by atoms with Crippen LogP contribution in [-0.4, -0.2) is 15.0 Å². The molecular weight excluding hydrogens is 863 g/mol. The van der Waals surface area contributed by atoms with Gasteiger partial charge in [-0.15, -0.1) is 34.0 Å². The molecule has 0 amide bonds. The molecule has 0 saturated carbocycles. The number of hydrogen-bond acceptors (Lipinski definition) is 8. The molecule has 0 N–H and O–H groups in total. The summed E-state index contributed by atoms with van der Waals surface area (Å²) in [5, 5.41) is 11.8. The van der Waals surface area contributed by atoms with Gasteiger partial charge in [-0.25, -0.2) is 15.0 Å². The van der Waals surface area contributed by atoms with Crippen molar-refractivity contribution in [3.63, 3.8) is 0 Å². The van der Waals surface area contributed by atoms with Crippen LogP contribution in [-0.2, 0) is 32.2 Å². The second-order valence-corrected chi connectivity index (χ2v) is 21.5. The Morgan fingerprint density at radius 2 is 1.02 bits per heavy atom. The molecule has 4 aromatic carbocycles. The Morgan fingerprint density at radius 1 is 0.455 bits per heavy atom. The van der Waals surface area contributed by atoms with E-state index in [1.165, 1.54) is 92.3 Å². The second kappa shape index (κ2) is 28.3. The van der Waals surface area contributed by atoms with Crippen LogP contribution in [0.2, 0.25) is 0 Å². The fourth-order valence-electron chi connectivity index (χ4n) is 7.48. The summed E-state index contributed by atoms with van der Waals surface area (Å²) in [6.45, 7) is 24.9. The molecule has 8 heteroatoms. The fraction of sp³-hybridized carbons (Fsp3) is 0.500. The number of fused-ring (bicyclic) bond motifs is 5. The molecule has 4 heterocycles. The number of aryl methyl sites for hydroxylation is 5. The Hall–Kier alpha value is -4.11. The molecular formula is C58H87N5S3. The Kier molecular flexibility index (Phi) is 25.7. The third-order valence-corrected chi connectivity index (χ3v) is 15.1. The van der Waals surface area contributed by atoms with Gasteiger partial charge in [-0.05, 0) is 128 Å². The van der Waals surface area contributed by atoms with E-state index in [2.05, 4.69) is 174 Å². The van der Waals surface area contributed by atoms with Crippen molar-refractivity contribution in [2.75, 3.05) is 0 Å². The van der Waals surface area contributed by atoms with Gasteiger partial charge in [0.15, 0.2) is 0 Å². The lowest BCUT2D eigenvalue weighted by Crippen LogP contribution is -1.99. The Bertz CT molecular complexity index is 2450. The van der Waals surface area contributed by atoms with Crippen molar-refractivity contribution in [2.24, 2.45) is 10.2 Å². The molecule has 0 bridgehead atoms. The average molecular weight is 951 g/mol. The zero-order valence-electron chi connectivity index (χ0n) is 38.5. The minimum Gasteiger partial charge on any atom is -0.246 e. The van der Waals surface area contributed by atoms with E-state index in [0.29, 0.717) is 29.6 Å². The van der Waals surface area contributed by atoms with Gasteiger partial charge in [-0.3, -0.25) is 0 Å². The molecule has 0 spiro atoms. The summed E-state index contributed by atoms with van der Waals surface area (Å²) < 4.78 is 2.59. The maximum Gasteiger partial charge on any atom is 0.0963 e. The first-order chi connectivity index (χ1) is 29.2. The van der Waals surface area contributed by atoms with Crippen molar-refractivity contribution < 1.29 is 0 Å². The van der Waals surface area contributed by atoms with Crippen LogP contribution in [0.5, 0.6) is 0 Å². The standard InChI is InChI=1S/C12H16.C11H13NS.C10H12N2.C10H15NS.C10H11NS.5CH4/c1-9(2)11-7-6-10-4-3-5-12(10)8-11;1-7(2)9-4-5-11-10(6-9)12-8(3)13-11;1-7(2)8-3-4-9-6-11-12-10(9)5-8;2*1-7(2)10-11-8-5-3-4-6-9(8)12-10;;;;;/h6-9H,3-5H2,1-2H3;4-7H,1-3H3;3-5,7H,6H2,1-2H3;7H,3-6H2,1-2H3;3-7H,1-2H3;5*1H4. The molecule has 5 nitrogen and oxygen atoms in total. The van der Waals surface area contributed by atoms with Crippen LogP contribution < -0.4 is 0 Å². The number of benzene rings is 4. The quantitative estimate of drug-likeness (QED) is 0.173. The maximum atomic E-state index is 4.67. The van der Waals surface area contributed by atoms with Gasteiger partial charge >= 0.3 is 0 Å². The summed E-state index contributed by atoms with van der Waals surface area (Å²) in [6.07, 6.45) is 9.17. The summed E-state index contributed by atoms with van der Waals surface area (Å²) in [6, 6.07) is 28.3. The number of para-hydroxylation sites is 1. The van der Waals surface area contributed by atoms with E-state index in [0.717, 1.165) is 28.3 Å². The first kappa shape index (κ1) is 59.9. The van der Waals surface area contributed by atoms with E-state index in [9.17, 15) is 0 Å². The van der Waals surface area contributed by atoms with Crippen molar-refractivity contribution in [2.45, 2.75) is 194 Å². The Morgan fingerprint density at radius 3 is 1.65 bits per heavy atom. The van der Waals surface area contributed by atoms with Crippen LogP contribution in [0.1, 0.15) is 214 Å². The van der Waals surface area contributed by atoms with E-state index in [4.69, 9.17) is 0 Å². The van der Waals surface area contributed by atoms with E-state index in [1.807, 2.05) is 17.4 Å². The van der Waals surface area contributed by atoms with Gasteiger partial charge in [-0.1, -0.05) is 155 Å². The summed E-state index contributed by atoms with van der Waals surface area (Å²) >= 11 is 5.49. The molecule has 66 heavy (non-hydrogen) atoms. The summed E-state index contributed by atoms with van der Waals surface area (Å²) in [5.74, 6) is 3.00. The molecule has 2 aliphatic carbocycles. The van der Waals surface area contributed by atoms with Crippen molar-refractivity contribution in [3.05, 3.63) is 138 Å². The van der Waals surface area contributed by atoms with Crippen molar-refractivity contribution in [3.8, 4) is 0 Å². The van der Waals surface area contributed by atoms with Gasteiger partial charge in [0.2, 0.25) is 0 Å². The van der Waals surface area contributed by atoms with Crippen LogP contribution in [0, 0.1) is 6.92 Å². The number of hydrogen-bond donors (Lipinski definition) is 0. The zero-order chi connectivity index (χ0) is 43.6. The van der Waals surface area contributed by atoms with Crippen LogP contribution in [0.3, 0.4) is 0 Å². The molecule has 0 atom stereocenters. The molecule has 0 unspecified atom stereocenters. The highest BCUT2D eigenvalue weighted by Crippen LogP contribution is 2.32. The molecule has 10 rings (SSSR count). The van der Waals surface area contributed by atoms with E-state index in [1.54, 1.807) is 38.7 Å². The highest BCUT2D eigenvalue weighted by Gasteiger charge is 2.16. The SMILES string of the molecule is C.C.C.C.C.CC(C)c1ccc2c(c1)CCC2.CC(C)c1ccc2c(c1)N=NC2.CC(C)c1nc2c(s1)CCCC2.CC(C)c1nc2ccccc2s1.Cc1nc2cc(C(C)C)ccc2s1. The predicted molar refractivity (Wildman–Crippen MR) is 300 cm³/mol. The molecule has 0 fully saturated rings. The lowest BCUT2D eigenvalue weighted by Gasteiger charge is -2.07. The van der Waals surface area contributed by atoms with Gasteiger partial charge in [0.05, 0.1) is 53.4 Å². The topological polar surface area (TPSA) is 63.4 Å². The molecule has 0 radical (unpaired) electrons. The smallest absolute Gasteiger partial charge is 0.0963 e. The molecule has 1 aliphatic heterocycles. The van der Waals surface area contributed by atoms with Crippen LogP contribution in [0.25, 0.3) is 20.4 Å². The molecule has 362 valence electrons. The predicted octanol–water partition coefficient (Wildman–Crippen LogP) is 20.2. The Balaban J connectivity index is 0.000000405. The monoisotopic (exact) mass is 950 g/mol. The second-order valence-electron chi connectivity index (χ2n) is 18.1. The first-order valence-electron chi connectivity index (χ1n) is 22.6. The largest absolute Gasteiger partial charge is 0.246 e. The highest BCUT2D eigenvalue weighted by molar-refractivity contribution is 7.18. The molecule has 0 saturated heterocycles. The summed E-state index contributed by atoms with van der Waals surface area (Å²) in [4.78, 5) is 15.2. The van der Waals surface area contributed by atoms with Crippen LogP contribution in [0.15, 0.2) is 89.1 Å². The van der Waals surface area contributed by atoms with Crippen LogP contribution >= 0.6 is 34.0 Å². The molecule has 3 aliphatic rings. The maximum absolute atomic E-state index is 4.67. The van der Waals surface area contributed by atoms with Crippen molar-refractivity contribution >= 4 is 60.1 Å². The number of aromatic nitrogens is 3. The minimum absolute atomic E-state index is 0. The van der Waals surface area contributed by atoms with E-state index >= 15 is 0 Å². The van der Waals surface area contributed by atoms with E-state index < -0.39 is 0 Å². The van der Waals surface area contributed by atoms with E-state index in [-0.39, 0.29) is 37.1 Å². The average Bonchev–Trinajstić information content (AvgIpc) is 4.10. The van der Waals surface area contributed by atoms with Gasteiger partial charge in [0, 0.05) is 22.3 Å².